The van der Waals surface area contributed by atoms with Crippen LogP contribution in [0.3, 0.4) is 0 Å². The van der Waals surface area contributed by atoms with Crippen molar-refractivity contribution in [1.29, 1.82) is 0 Å². The third kappa shape index (κ3) is 3.19. The van der Waals surface area contributed by atoms with E-state index in [-0.39, 0.29) is 0 Å². The first kappa shape index (κ1) is 13.3. The van der Waals surface area contributed by atoms with E-state index in [4.69, 9.17) is 9.47 Å². The molecule has 1 atom stereocenters. The molecule has 1 fully saturated rings. The molecule has 0 aromatic heterocycles. The summed E-state index contributed by atoms with van der Waals surface area (Å²) in [5, 5.41) is 10.1. The zero-order chi connectivity index (χ0) is 12.8. The van der Waals surface area contributed by atoms with Crippen LogP contribution in [0.25, 0.3) is 0 Å². The van der Waals surface area contributed by atoms with Gasteiger partial charge in [0.1, 0.15) is 0 Å². The molecule has 3 heteroatoms. The molecule has 1 unspecified atom stereocenters. The van der Waals surface area contributed by atoms with Crippen molar-refractivity contribution in [3.8, 4) is 0 Å². The van der Waals surface area contributed by atoms with Gasteiger partial charge in [-0.05, 0) is 11.6 Å². The SMILES string of the molecule is CCCC1(/C=C/C(O)c2ccccc2)OCCO1. The topological polar surface area (TPSA) is 38.7 Å². The number of ether oxygens (including phenoxy) is 2. The molecule has 1 heterocycles. The fraction of sp³-hybridized carbons (Fsp3) is 0.467. The Bertz CT molecular complexity index is 380. The normalized spacial score (nSPS) is 20.3. The van der Waals surface area contributed by atoms with Crippen LogP contribution in [-0.4, -0.2) is 24.1 Å². The molecular weight excluding hydrogens is 228 g/mol. The molecule has 1 N–H and O–H groups in total. The lowest BCUT2D eigenvalue weighted by Crippen LogP contribution is -2.27. The lowest BCUT2D eigenvalue weighted by molar-refractivity contribution is -0.121. The van der Waals surface area contributed by atoms with Crippen molar-refractivity contribution in [2.75, 3.05) is 13.2 Å². The minimum absolute atomic E-state index is 0.617. The molecule has 0 amide bonds. The van der Waals surface area contributed by atoms with Crippen LogP contribution in [0.4, 0.5) is 0 Å². The van der Waals surface area contributed by atoms with Gasteiger partial charge in [0.2, 0.25) is 0 Å². The monoisotopic (exact) mass is 248 g/mol. The maximum Gasteiger partial charge on any atom is 0.188 e. The Morgan fingerprint density at radius 3 is 2.56 bits per heavy atom. The molecule has 3 nitrogen and oxygen atoms in total. The molecule has 2 rings (SSSR count). The van der Waals surface area contributed by atoms with Gasteiger partial charge in [0.05, 0.1) is 19.3 Å². The highest BCUT2D eigenvalue weighted by Crippen LogP contribution is 2.28. The van der Waals surface area contributed by atoms with Crippen molar-refractivity contribution in [2.45, 2.75) is 31.7 Å². The van der Waals surface area contributed by atoms with Gasteiger partial charge in [-0.3, -0.25) is 0 Å². The second kappa shape index (κ2) is 6.14. The van der Waals surface area contributed by atoms with Crippen molar-refractivity contribution in [2.24, 2.45) is 0 Å². The predicted octanol–water partition coefficient (Wildman–Crippen LogP) is 2.82. The summed E-state index contributed by atoms with van der Waals surface area (Å²) in [6, 6.07) is 9.56. The molecule has 1 aliphatic heterocycles. The van der Waals surface area contributed by atoms with Crippen molar-refractivity contribution >= 4 is 0 Å². The quantitative estimate of drug-likeness (QED) is 0.814. The van der Waals surface area contributed by atoms with E-state index in [1.807, 2.05) is 36.4 Å². The second-order valence-electron chi connectivity index (χ2n) is 4.47. The Kier molecular flexibility index (Phi) is 4.53. The average Bonchev–Trinajstić information content (AvgIpc) is 2.87. The second-order valence-corrected chi connectivity index (χ2v) is 4.47. The summed E-state index contributed by atoms with van der Waals surface area (Å²) in [7, 11) is 0. The van der Waals surface area contributed by atoms with E-state index in [2.05, 4.69) is 6.92 Å². The molecule has 0 radical (unpaired) electrons. The first-order valence-electron chi connectivity index (χ1n) is 6.46. The third-order valence-electron chi connectivity index (χ3n) is 3.05. The Hall–Kier alpha value is -1.16. The Morgan fingerprint density at radius 2 is 1.94 bits per heavy atom. The van der Waals surface area contributed by atoms with Gasteiger partial charge in [-0.25, -0.2) is 0 Å². The summed E-state index contributed by atoms with van der Waals surface area (Å²) in [4.78, 5) is 0. The molecular formula is C15H20O3. The van der Waals surface area contributed by atoms with E-state index in [0.29, 0.717) is 13.2 Å². The highest BCUT2D eigenvalue weighted by atomic mass is 16.7. The van der Waals surface area contributed by atoms with Crippen LogP contribution >= 0.6 is 0 Å². The molecule has 1 aromatic rings. The first-order chi connectivity index (χ1) is 8.76. The van der Waals surface area contributed by atoms with E-state index >= 15 is 0 Å². The van der Waals surface area contributed by atoms with E-state index in [1.54, 1.807) is 6.08 Å². The van der Waals surface area contributed by atoms with Gasteiger partial charge in [-0.15, -0.1) is 0 Å². The molecule has 0 aliphatic carbocycles. The van der Waals surface area contributed by atoms with Crippen LogP contribution in [0.5, 0.6) is 0 Å². The standard InChI is InChI=1S/C15H20O3/c1-2-9-15(17-11-12-18-15)10-8-14(16)13-6-4-3-5-7-13/h3-8,10,14,16H,2,9,11-12H2,1H3/b10-8+. The van der Waals surface area contributed by atoms with E-state index in [0.717, 1.165) is 18.4 Å². The lowest BCUT2D eigenvalue weighted by atomic mass is 10.1. The molecule has 98 valence electrons. The van der Waals surface area contributed by atoms with Gasteiger partial charge in [0.25, 0.3) is 0 Å². The third-order valence-corrected chi connectivity index (χ3v) is 3.05. The van der Waals surface area contributed by atoms with Gasteiger partial charge in [-0.1, -0.05) is 49.8 Å². The van der Waals surface area contributed by atoms with Crippen LogP contribution in [0.1, 0.15) is 31.4 Å². The van der Waals surface area contributed by atoms with Crippen LogP contribution in [0.2, 0.25) is 0 Å². The fourth-order valence-electron chi connectivity index (χ4n) is 2.14. The largest absolute Gasteiger partial charge is 0.384 e. The van der Waals surface area contributed by atoms with Gasteiger partial charge in [0.15, 0.2) is 5.79 Å². The molecule has 18 heavy (non-hydrogen) atoms. The minimum Gasteiger partial charge on any atom is -0.384 e. The van der Waals surface area contributed by atoms with E-state index in [1.165, 1.54) is 0 Å². The summed E-state index contributed by atoms with van der Waals surface area (Å²) >= 11 is 0. The number of aliphatic hydroxyl groups is 1. The number of hydrogen-bond acceptors (Lipinski definition) is 3. The highest BCUT2D eigenvalue weighted by Gasteiger charge is 2.32. The average molecular weight is 248 g/mol. The summed E-state index contributed by atoms with van der Waals surface area (Å²) in [6.07, 6.45) is 4.77. The molecule has 1 aliphatic rings. The van der Waals surface area contributed by atoms with Crippen LogP contribution in [0.15, 0.2) is 42.5 Å². The highest BCUT2D eigenvalue weighted by molar-refractivity contribution is 5.21. The van der Waals surface area contributed by atoms with Gasteiger partial charge in [-0.2, -0.15) is 0 Å². The van der Waals surface area contributed by atoms with Crippen molar-refractivity contribution in [1.82, 2.24) is 0 Å². The zero-order valence-electron chi connectivity index (χ0n) is 10.7. The molecule has 0 saturated carbocycles. The van der Waals surface area contributed by atoms with Gasteiger partial charge >= 0.3 is 0 Å². The smallest absolute Gasteiger partial charge is 0.188 e. The summed E-state index contributed by atoms with van der Waals surface area (Å²) in [5.41, 5.74) is 0.874. The number of benzene rings is 1. The van der Waals surface area contributed by atoms with Crippen molar-refractivity contribution in [3.63, 3.8) is 0 Å². The van der Waals surface area contributed by atoms with E-state index in [9.17, 15) is 5.11 Å². The molecule has 1 aromatic carbocycles. The Labute approximate surface area is 108 Å². The van der Waals surface area contributed by atoms with Gasteiger partial charge < -0.3 is 14.6 Å². The number of rotatable bonds is 5. The summed E-state index contributed by atoms with van der Waals surface area (Å²) in [6.45, 7) is 3.33. The predicted molar refractivity (Wildman–Crippen MR) is 70.1 cm³/mol. The lowest BCUT2D eigenvalue weighted by Gasteiger charge is -2.23. The minimum atomic E-state index is -0.634. The maximum atomic E-state index is 10.1. The number of aliphatic hydroxyl groups excluding tert-OH is 1. The van der Waals surface area contributed by atoms with Crippen molar-refractivity contribution < 1.29 is 14.6 Å². The van der Waals surface area contributed by atoms with Crippen LogP contribution in [0, 0.1) is 0 Å². The molecule has 1 saturated heterocycles. The Balaban J connectivity index is 2.05. The Morgan fingerprint density at radius 1 is 1.28 bits per heavy atom. The van der Waals surface area contributed by atoms with E-state index < -0.39 is 11.9 Å². The summed E-state index contributed by atoms with van der Waals surface area (Å²) in [5.74, 6) is -0.634. The van der Waals surface area contributed by atoms with Gasteiger partial charge in [0, 0.05) is 6.42 Å². The molecule has 0 spiro atoms. The maximum absolute atomic E-state index is 10.1. The first-order valence-corrected chi connectivity index (χ1v) is 6.46. The molecule has 0 bridgehead atoms. The zero-order valence-corrected chi connectivity index (χ0v) is 10.7. The van der Waals surface area contributed by atoms with Crippen LogP contribution in [-0.2, 0) is 9.47 Å². The van der Waals surface area contributed by atoms with Crippen molar-refractivity contribution in [3.05, 3.63) is 48.0 Å². The summed E-state index contributed by atoms with van der Waals surface area (Å²) < 4.78 is 11.3. The van der Waals surface area contributed by atoms with Crippen LogP contribution < -0.4 is 0 Å². The fourth-order valence-corrected chi connectivity index (χ4v) is 2.14. The number of hydrogen-bond donors (Lipinski definition) is 1.